The van der Waals surface area contributed by atoms with Crippen LogP contribution in [0.2, 0.25) is 0 Å². The van der Waals surface area contributed by atoms with Gasteiger partial charge in [0.05, 0.1) is 23.8 Å². The predicted octanol–water partition coefficient (Wildman–Crippen LogP) is 2.46. The number of nitrogens with one attached hydrogen (secondary N) is 1. The van der Waals surface area contributed by atoms with Gasteiger partial charge in [0.2, 0.25) is 5.91 Å². The summed E-state index contributed by atoms with van der Waals surface area (Å²) < 4.78 is 0. The lowest BCUT2D eigenvalue weighted by atomic mass is 10.0. The maximum atomic E-state index is 12.5. The van der Waals surface area contributed by atoms with Crippen molar-refractivity contribution in [3.63, 3.8) is 0 Å². The minimum atomic E-state index is -0.549. The lowest BCUT2D eigenvalue weighted by molar-refractivity contribution is -0.131. The summed E-state index contributed by atoms with van der Waals surface area (Å²) in [7, 11) is 1.79. The Labute approximate surface area is 139 Å². The summed E-state index contributed by atoms with van der Waals surface area (Å²) in [6.07, 6.45) is 2.46. The fraction of sp³-hybridized carbons (Fsp3) is 0.294. The standard InChI is InChI=1S/C17H20N4OS/c1-11-16(23-10-20-11)9-21(2)17(22)14(18)7-12-8-19-15-6-4-3-5-13(12)15/h3-6,8,10,14,19H,7,9,18H2,1-2H3/t14-/m0/s1. The highest BCUT2D eigenvalue weighted by atomic mass is 32.1. The van der Waals surface area contributed by atoms with Crippen LogP contribution in [0, 0.1) is 6.92 Å². The fourth-order valence-corrected chi connectivity index (χ4v) is 3.51. The molecule has 23 heavy (non-hydrogen) atoms. The third-order valence-electron chi connectivity index (χ3n) is 4.03. The average Bonchev–Trinajstić information content (AvgIpc) is 3.14. The van der Waals surface area contributed by atoms with Gasteiger partial charge in [0.15, 0.2) is 0 Å². The first-order chi connectivity index (χ1) is 11.1. The van der Waals surface area contributed by atoms with Crippen LogP contribution in [0.4, 0.5) is 0 Å². The predicted molar refractivity (Wildman–Crippen MR) is 93.3 cm³/mol. The number of aromatic amines is 1. The summed E-state index contributed by atoms with van der Waals surface area (Å²) >= 11 is 1.56. The zero-order chi connectivity index (χ0) is 16.4. The highest BCUT2D eigenvalue weighted by molar-refractivity contribution is 7.09. The molecular formula is C17H20N4OS. The molecule has 3 rings (SSSR count). The summed E-state index contributed by atoms with van der Waals surface area (Å²) in [4.78, 5) is 22.7. The van der Waals surface area contributed by atoms with Gasteiger partial charge in [-0.15, -0.1) is 11.3 Å². The van der Waals surface area contributed by atoms with Crippen LogP contribution in [0.15, 0.2) is 36.0 Å². The van der Waals surface area contributed by atoms with Crippen molar-refractivity contribution >= 4 is 28.1 Å². The molecule has 0 aliphatic heterocycles. The highest BCUT2D eigenvalue weighted by Gasteiger charge is 2.20. The molecule has 5 nitrogen and oxygen atoms in total. The maximum absolute atomic E-state index is 12.5. The summed E-state index contributed by atoms with van der Waals surface area (Å²) in [6.45, 7) is 2.51. The number of amides is 1. The molecule has 1 atom stereocenters. The molecule has 0 saturated heterocycles. The number of aromatic nitrogens is 2. The van der Waals surface area contributed by atoms with E-state index in [0.29, 0.717) is 13.0 Å². The largest absolute Gasteiger partial charge is 0.361 e. The van der Waals surface area contributed by atoms with E-state index in [4.69, 9.17) is 5.73 Å². The number of fused-ring (bicyclic) bond motifs is 1. The second-order valence-electron chi connectivity index (χ2n) is 5.73. The zero-order valence-corrected chi connectivity index (χ0v) is 14.1. The van der Waals surface area contributed by atoms with E-state index in [-0.39, 0.29) is 5.91 Å². The molecule has 0 unspecified atom stereocenters. The second-order valence-corrected chi connectivity index (χ2v) is 6.66. The topological polar surface area (TPSA) is 75.0 Å². The molecule has 3 N–H and O–H groups in total. The monoisotopic (exact) mass is 328 g/mol. The van der Waals surface area contributed by atoms with Gasteiger partial charge in [-0.3, -0.25) is 4.79 Å². The molecule has 1 aromatic carbocycles. The van der Waals surface area contributed by atoms with Crippen molar-refractivity contribution in [2.75, 3.05) is 7.05 Å². The van der Waals surface area contributed by atoms with Crippen LogP contribution in [0.3, 0.4) is 0 Å². The van der Waals surface area contributed by atoms with Crippen molar-refractivity contribution in [2.24, 2.45) is 5.73 Å². The number of thiazole rings is 1. The van der Waals surface area contributed by atoms with Gasteiger partial charge in [-0.25, -0.2) is 4.98 Å². The second kappa shape index (κ2) is 6.52. The number of nitrogens with two attached hydrogens (primary N) is 1. The zero-order valence-electron chi connectivity index (χ0n) is 13.2. The Kier molecular flexibility index (Phi) is 4.45. The van der Waals surface area contributed by atoms with E-state index in [1.165, 1.54) is 0 Å². The number of H-pyrrole nitrogens is 1. The van der Waals surface area contributed by atoms with Gasteiger partial charge in [0, 0.05) is 29.0 Å². The van der Waals surface area contributed by atoms with Crippen LogP contribution in [0.1, 0.15) is 16.1 Å². The fourth-order valence-electron chi connectivity index (χ4n) is 2.68. The van der Waals surface area contributed by atoms with E-state index in [1.807, 2.05) is 37.4 Å². The van der Waals surface area contributed by atoms with E-state index in [9.17, 15) is 4.79 Å². The molecule has 6 heteroatoms. The molecular weight excluding hydrogens is 308 g/mol. The van der Waals surface area contributed by atoms with Gasteiger partial charge in [-0.1, -0.05) is 18.2 Å². The first-order valence-electron chi connectivity index (χ1n) is 7.50. The number of likely N-dealkylation sites (N-methyl/N-ethyl adjacent to an activating group) is 1. The van der Waals surface area contributed by atoms with Gasteiger partial charge >= 0.3 is 0 Å². The first-order valence-corrected chi connectivity index (χ1v) is 8.38. The Hall–Kier alpha value is -2.18. The Bertz CT molecular complexity index is 823. The molecule has 2 heterocycles. The Balaban J connectivity index is 1.68. The van der Waals surface area contributed by atoms with Gasteiger partial charge in [0.25, 0.3) is 0 Å². The molecule has 0 aliphatic carbocycles. The van der Waals surface area contributed by atoms with Gasteiger partial charge in [0.1, 0.15) is 0 Å². The van der Waals surface area contributed by atoms with Crippen molar-refractivity contribution < 1.29 is 4.79 Å². The Morgan fingerprint density at radius 3 is 2.96 bits per heavy atom. The van der Waals surface area contributed by atoms with Crippen LogP contribution < -0.4 is 5.73 Å². The van der Waals surface area contributed by atoms with E-state index in [1.54, 1.807) is 28.8 Å². The number of para-hydroxylation sites is 1. The van der Waals surface area contributed by atoms with Crippen molar-refractivity contribution in [1.29, 1.82) is 0 Å². The summed E-state index contributed by atoms with van der Waals surface area (Å²) in [5, 5.41) is 1.12. The molecule has 1 amide bonds. The van der Waals surface area contributed by atoms with Gasteiger partial charge in [-0.2, -0.15) is 0 Å². The van der Waals surface area contributed by atoms with Crippen molar-refractivity contribution in [2.45, 2.75) is 25.9 Å². The Morgan fingerprint density at radius 2 is 2.22 bits per heavy atom. The molecule has 3 aromatic rings. The van der Waals surface area contributed by atoms with Crippen LogP contribution in [-0.2, 0) is 17.8 Å². The normalized spacial score (nSPS) is 12.5. The summed E-state index contributed by atoms with van der Waals surface area (Å²) in [5.74, 6) is -0.0527. The molecule has 0 saturated carbocycles. The van der Waals surface area contributed by atoms with Crippen LogP contribution in [-0.4, -0.2) is 33.9 Å². The van der Waals surface area contributed by atoms with Crippen LogP contribution in [0.25, 0.3) is 10.9 Å². The maximum Gasteiger partial charge on any atom is 0.239 e. The van der Waals surface area contributed by atoms with E-state index in [2.05, 4.69) is 9.97 Å². The molecule has 0 fully saturated rings. The molecule has 0 spiro atoms. The lowest BCUT2D eigenvalue weighted by Crippen LogP contribution is -2.42. The molecule has 0 aliphatic rings. The first kappa shape index (κ1) is 15.7. The SMILES string of the molecule is Cc1ncsc1CN(C)C(=O)[C@@H](N)Cc1c[nH]c2ccccc12. The average molecular weight is 328 g/mol. The highest BCUT2D eigenvalue weighted by Crippen LogP contribution is 2.20. The number of hydrogen-bond donors (Lipinski definition) is 2. The quantitative estimate of drug-likeness (QED) is 0.755. The van der Waals surface area contributed by atoms with E-state index in [0.717, 1.165) is 27.0 Å². The molecule has 120 valence electrons. The molecule has 0 radical (unpaired) electrons. The van der Waals surface area contributed by atoms with Crippen LogP contribution >= 0.6 is 11.3 Å². The number of carbonyl (C=O) groups is 1. The summed E-state index contributed by atoms with van der Waals surface area (Å²) in [6, 6.07) is 7.49. The number of benzene rings is 1. The van der Waals surface area contributed by atoms with Gasteiger partial charge < -0.3 is 15.6 Å². The minimum Gasteiger partial charge on any atom is -0.361 e. The van der Waals surface area contributed by atoms with Crippen LogP contribution in [0.5, 0.6) is 0 Å². The number of hydrogen-bond acceptors (Lipinski definition) is 4. The smallest absolute Gasteiger partial charge is 0.239 e. The lowest BCUT2D eigenvalue weighted by Gasteiger charge is -2.21. The number of nitrogens with zero attached hydrogens (tertiary/aromatic N) is 2. The number of aryl methyl sites for hydroxylation is 1. The number of rotatable bonds is 5. The van der Waals surface area contributed by atoms with Crippen molar-refractivity contribution in [3.05, 3.63) is 52.1 Å². The van der Waals surface area contributed by atoms with Gasteiger partial charge in [-0.05, 0) is 25.0 Å². The summed E-state index contributed by atoms with van der Waals surface area (Å²) in [5.41, 5.74) is 11.1. The molecule has 2 aromatic heterocycles. The van der Waals surface area contributed by atoms with E-state index < -0.39 is 6.04 Å². The minimum absolute atomic E-state index is 0.0527. The van der Waals surface area contributed by atoms with E-state index >= 15 is 0 Å². The third kappa shape index (κ3) is 3.28. The number of carbonyl (C=O) groups excluding carboxylic acids is 1. The van der Waals surface area contributed by atoms with Crippen molar-refractivity contribution in [3.8, 4) is 0 Å². The van der Waals surface area contributed by atoms with Crippen molar-refractivity contribution in [1.82, 2.24) is 14.9 Å². The Morgan fingerprint density at radius 1 is 1.43 bits per heavy atom. The molecule has 0 bridgehead atoms. The third-order valence-corrected chi connectivity index (χ3v) is 4.95.